The number of nitrogens with two attached hydrogens (primary N) is 1. The molecule has 0 bridgehead atoms. The third kappa shape index (κ3) is 3.47. The maximum atomic E-state index is 11.8. The number of hydrogen-bond donors (Lipinski definition) is 2. The first-order valence-electron chi connectivity index (χ1n) is 7.53. The quantitative estimate of drug-likeness (QED) is 0.642. The Morgan fingerprint density at radius 1 is 1.38 bits per heavy atom. The lowest BCUT2D eigenvalue weighted by Gasteiger charge is -2.36. The van der Waals surface area contributed by atoms with E-state index >= 15 is 0 Å². The van der Waals surface area contributed by atoms with Gasteiger partial charge in [-0.1, -0.05) is 25.3 Å². The highest BCUT2D eigenvalue weighted by Gasteiger charge is 2.24. The normalized spacial score (nSPS) is 15.7. The second kappa shape index (κ2) is 7.31. The number of benzene rings is 1. The van der Waals surface area contributed by atoms with Crippen LogP contribution in [0.5, 0.6) is 0 Å². The molecule has 2 rings (SSSR count). The molecule has 1 aliphatic rings. The van der Waals surface area contributed by atoms with Gasteiger partial charge in [0.05, 0.1) is 30.7 Å². The molecule has 5 nitrogen and oxygen atoms in total. The SMILES string of the molecule is COC(=O)c1cccc(N(CCO)C2CCCCC2)c1N. The molecule has 0 aliphatic heterocycles. The number of aliphatic hydroxyl groups excluding tert-OH is 1. The molecule has 0 saturated heterocycles. The number of para-hydroxylation sites is 1. The highest BCUT2D eigenvalue weighted by molar-refractivity contribution is 5.98. The third-order valence-electron chi connectivity index (χ3n) is 4.15. The van der Waals surface area contributed by atoms with Crippen molar-refractivity contribution in [2.45, 2.75) is 38.1 Å². The predicted octanol–water partition coefficient (Wildman–Crippen LogP) is 2.19. The topological polar surface area (TPSA) is 75.8 Å². The summed E-state index contributed by atoms with van der Waals surface area (Å²) < 4.78 is 4.77. The molecule has 116 valence electrons. The van der Waals surface area contributed by atoms with Crippen molar-refractivity contribution in [2.24, 2.45) is 0 Å². The maximum absolute atomic E-state index is 11.8. The number of ether oxygens (including phenoxy) is 1. The molecular weight excluding hydrogens is 268 g/mol. The van der Waals surface area contributed by atoms with E-state index in [4.69, 9.17) is 10.5 Å². The fourth-order valence-corrected chi connectivity index (χ4v) is 3.09. The molecule has 1 saturated carbocycles. The van der Waals surface area contributed by atoms with Gasteiger partial charge < -0.3 is 20.5 Å². The summed E-state index contributed by atoms with van der Waals surface area (Å²) >= 11 is 0. The van der Waals surface area contributed by atoms with Crippen LogP contribution in [0.4, 0.5) is 11.4 Å². The van der Waals surface area contributed by atoms with Gasteiger partial charge in [0.15, 0.2) is 0 Å². The lowest BCUT2D eigenvalue weighted by atomic mass is 9.93. The molecule has 0 aromatic heterocycles. The lowest BCUT2D eigenvalue weighted by Crippen LogP contribution is -2.39. The van der Waals surface area contributed by atoms with E-state index in [1.807, 2.05) is 12.1 Å². The monoisotopic (exact) mass is 292 g/mol. The molecule has 0 unspecified atom stereocenters. The molecule has 0 radical (unpaired) electrons. The highest BCUT2D eigenvalue weighted by Crippen LogP contribution is 2.32. The van der Waals surface area contributed by atoms with Crippen LogP contribution in [0.15, 0.2) is 18.2 Å². The number of esters is 1. The smallest absolute Gasteiger partial charge is 0.340 e. The molecule has 1 aromatic rings. The van der Waals surface area contributed by atoms with Crippen LogP contribution >= 0.6 is 0 Å². The molecule has 0 amide bonds. The van der Waals surface area contributed by atoms with Crippen molar-refractivity contribution < 1.29 is 14.6 Å². The second-order valence-corrected chi connectivity index (χ2v) is 5.44. The van der Waals surface area contributed by atoms with Crippen molar-refractivity contribution >= 4 is 17.3 Å². The minimum atomic E-state index is -0.429. The van der Waals surface area contributed by atoms with Crippen LogP contribution < -0.4 is 10.6 Å². The minimum absolute atomic E-state index is 0.0678. The summed E-state index contributed by atoms with van der Waals surface area (Å²) in [4.78, 5) is 13.9. The van der Waals surface area contributed by atoms with Crippen molar-refractivity contribution in [3.63, 3.8) is 0 Å². The Morgan fingerprint density at radius 3 is 2.71 bits per heavy atom. The Hall–Kier alpha value is -1.75. The standard InChI is InChI=1S/C16H24N2O3/c1-21-16(20)13-8-5-9-14(15(13)17)18(10-11-19)12-6-3-2-4-7-12/h5,8-9,12,19H,2-4,6-7,10-11,17H2,1H3. The summed E-state index contributed by atoms with van der Waals surface area (Å²) in [7, 11) is 1.35. The number of carbonyl (C=O) groups excluding carboxylic acids is 1. The number of anilines is 2. The van der Waals surface area contributed by atoms with Crippen LogP contribution in [0.1, 0.15) is 42.5 Å². The molecular formula is C16H24N2O3. The van der Waals surface area contributed by atoms with Crippen molar-refractivity contribution in [3.05, 3.63) is 23.8 Å². The van der Waals surface area contributed by atoms with Gasteiger partial charge in [-0.2, -0.15) is 0 Å². The number of aliphatic hydroxyl groups is 1. The van der Waals surface area contributed by atoms with E-state index < -0.39 is 5.97 Å². The second-order valence-electron chi connectivity index (χ2n) is 5.44. The number of hydrogen-bond acceptors (Lipinski definition) is 5. The van der Waals surface area contributed by atoms with Gasteiger partial charge in [0.1, 0.15) is 0 Å². The van der Waals surface area contributed by atoms with Gasteiger partial charge in [0.2, 0.25) is 0 Å². The molecule has 0 heterocycles. The Labute approximate surface area is 125 Å². The summed E-state index contributed by atoms with van der Waals surface area (Å²) in [6.45, 7) is 0.595. The number of carbonyl (C=O) groups is 1. The van der Waals surface area contributed by atoms with E-state index in [-0.39, 0.29) is 6.61 Å². The molecule has 1 fully saturated rings. The molecule has 3 N–H and O–H groups in total. The zero-order chi connectivity index (χ0) is 15.2. The van der Waals surface area contributed by atoms with Crippen LogP contribution in [0.2, 0.25) is 0 Å². The molecule has 21 heavy (non-hydrogen) atoms. The molecule has 5 heteroatoms. The Balaban J connectivity index is 2.33. The summed E-state index contributed by atoms with van der Waals surface area (Å²) in [6.07, 6.45) is 5.86. The van der Waals surface area contributed by atoms with Gasteiger partial charge in [0, 0.05) is 12.6 Å². The fraction of sp³-hybridized carbons (Fsp3) is 0.562. The van der Waals surface area contributed by atoms with Gasteiger partial charge in [-0.05, 0) is 25.0 Å². The Kier molecular flexibility index (Phi) is 5.44. The minimum Gasteiger partial charge on any atom is -0.465 e. The van der Waals surface area contributed by atoms with E-state index in [0.717, 1.165) is 18.5 Å². The van der Waals surface area contributed by atoms with Crippen LogP contribution in [0, 0.1) is 0 Å². The fourth-order valence-electron chi connectivity index (χ4n) is 3.09. The van der Waals surface area contributed by atoms with Crippen molar-refractivity contribution in [1.82, 2.24) is 0 Å². The summed E-state index contributed by atoms with van der Waals surface area (Å²) in [5.41, 5.74) is 7.81. The third-order valence-corrected chi connectivity index (χ3v) is 4.15. The van der Waals surface area contributed by atoms with Gasteiger partial charge in [-0.3, -0.25) is 0 Å². The summed E-state index contributed by atoms with van der Waals surface area (Å²) in [5, 5.41) is 9.37. The zero-order valence-corrected chi connectivity index (χ0v) is 12.5. The molecule has 1 aliphatic carbocycles. The van der Waals surface area contributed by atoms with Crippen molar-refractivity contribution in [3.8, 4) is 0 Å². The average Bonchev–Trinajstić information content (AvgIpc) is 2.53. The Morgan fingerprint density at radius 2 is 2.10 bits per heavy atom. The number of methoxy groups -OCH3 is 1. The number of nitrogens with zero attached hydrogens (tertiary/aromatic N) is 1. The first-order valence-corrected chi connectivity index (χ1v) is 7.53. The largest absolute Gasteiger partial charge is 0.465 e. The van der Waals surface area contributed by atoms with Gasteiger partial charge in [-0.15, -0.1) is 0 Å². The number of rotatable bonds is 5. The summed E-state index contributed by atoms with van der Waals surface area (Å²) in [6, 6.07) is 5.76. The lowest BCUT2D eigenvalue weighted by molar-refractivity contribution is 0.0602. The van der Waals surface area contributed by atoms with Crippen LogP contribution in [-0.2, 0) is 4.74 Å². The average molecular weight is 292 g/mol. The van der Waals surface area contributed by atoms with Crippen LogP contribution in [0.3, 0.4) is 0 Å². The zero-order valence-electron chi connectivity index (χ0n) is 12.5. The predicted molar refractivity (Wildman–Crippen MR) is 83.5 cm³/mol. The van der Waals surface area contributed by atoms with E-state index in [1.54, 1.807) is 6.07 Å². The molecule has 0 spiro atoms. The van der Waals surface area contributed by atoms with E-state index in [9.17, 15) is 9.90 Å². The van der Waals surface area contributed by atoms with E-state index in [2.05, 4.69) is 4.90 Å². The first-order chi connectivity index (χ1) is 10.2. The van der Waals surface area contributed by atoms with Crippen molar-refractivity contribution in [1.29, 1.82) is 0 Å². The summed E-state index contributed by atoms with van der Waals surface area (Å²) in [5.74, 6) is -0.429. The first kappa shape index (κ1) is 15.6. The molecule has 0 atom stereocenters. The van der Waals surface area contributed by atoms with E-state index in [1.165, 1.54) is 26.4 Å². The van der Waals surface area contributed by atoms with Crippen LogP contribution in [0.25, 0.3) is 0 Å². The Bertz CT molecular complexity index is 484. The van der Waals surface area contributed by atoms with Crippen molar-refractivity contribution in [2.75, 3.05) is 30.9 Å². The highest BCUT2D eigenvalue weighted by atomic mass is 16.5. The maximum Gasteiger partial charge on any atom is 0.340 e. The van der Waals surface area contributed by atoms with Gasteiger partial charge >= 0.3 is 5.97 Å². The molecule has 1 aromatic carbocycles. The van der Waals surface area contributed by atoms with Gasteiger partial charge in [0.25, 0.3) is 0 Å². The van der Waals surface area contributed by atoms with Crippen LogP contribution in [-0.4, -0.2) is 37.4 Å². The van der Waals surface area contributed by atoms with Gasteiger partial charge in [-0.25, -0.2) is 4.79 Å². The number of nitrogen functional groups attached to an aromatic ring is 1. The van der Waals surface area contributed by atoms with E-state index in [0.29, 0.717) is 23.8 Å².